The molecular formula is C15H20N2O3S. The van der Waals surface area contributed by atoms with Crippen LogP contribution >= 0.6 is 0 Å². The first-order valence-corrected chi connectivity index (χ1v) is 8.57. The predicted molar refractivity (Wildman–Crippen MR) is 80.5 cm³/mol. The Kier molecular flexibility index (Phi) is 4.18. The molecule has 2 rings (SSSR count). The Bertz CT molecular complexity index is 727. The average Bonchev–Trinajstić information content (AvgIpc) is 2.79. The van der Waals surface area contributed by atoms with Crippen LogP contribution in [0.15, 0.2) is 28.8 Å². The molecule has 0 unspecified atom stereocenters. The maximum Gasteiger partial charge on any atom is 0.232 e. The van der Waals surface area contributed by atoms with E-state index in [4.69, 9.17) is 4.52 Å². The number of benzene rings is 1. The van der Waals surface area contributed by atoms with Gasteiger partial charge in [-0.3, -0.25) is 0 Å². The highest BCUT2D eigenvalue weighted by Gasteiger charge is 2.24. The lowest BCUT2D eigenvalue weighted by Crippen LogP contribution is -2.13. The molecule has 1 aromatic carbocycles. The average molecular weight is 308 g/mol. The largest absolute Gasteiger partial charge is 0.339 e. The third-order valence-electron chi connectivity index (χ3n) is 3.10. The molecule has 5 nitrogen and oxygen atoms in total. The molecule has 1 heterocycles. The van der Waals surface area contributed by atoms with E-state index in [9.17, 15) is 8.42 Å². The Balaban J connectivity index is 2.15. The van der Waals surface area contributed by atoms with Crippen molar-refractivity contribution >= 4 is 9.84 Å². The monoisotopic (exact) mass is 308 g/mol. The van der Waals surface area contributed by atoms with Gasteiger partial charge in [0.2, 0.25) is 5.89 Å². The fourth-order valence-corrected chi connectivity index (χ4v) is 3.28. The van der Waals surface area contributed by atoms with E-state index in [1.54, 1.807) is 0 Å². The van der Waals surface area contributed by atoms with Crippen LogP contribution in [0.2, 0.25) is 0 Å². The zero-order valence-corrected chi connectivity index (χ0v) is 13.6. The zero-order chi connectivity index (χ0) is 15.7. The molecule has 0 saturated heterocycles. The second kappa shape index (κ2) is 5.60. The predicted octanol–water partition coefficient (Wildman–Crippen LogP) is 2.79. The third-order valence-corrected chi connectivity index (χ3v) is 4.54. The van der Waals surface area contributed by atoms with Gasteiger partial charge >= 0.3 is 0 Å². The van der Waals surface area contributed by atoms with Crippen molar-refractivity contribution in [2.75, 3.05) is 0 Å². The van der Waals surface area contributed by atoms with Crippen LogP contribution in [0.3, 0.4) is 0 Å². The SMILES string of the molecule is Cc1ccccc1CS(=O)(=O)Cc1noc(C(C)(C)C)n1. The van der Waals surface area contributed by atoms with Crippen molar-refractivity contribution in [2.24, 2.45) is 0 Å². The Morgan fingerprint density at radius 2 is 1.81 bits per heavy atom. The van der Waals surface area contributed by atoms with E-state index in [0.29, 0.717) is 5.89 Å². The minimum atomic E-state index is -3.33. The van der Waals surface area contributed by atoms with Gasteiger partial charge in [-0.15, -0.1) is 0 Å². The first-order valence-electron chi connectivity index (χ1n) is 6.75. The molecule has 2 aromatic rings. The molecule has 21 heavy (non-hydrogen) atoms. The molecule has 6 heteroatoms. The third kappa shape index (κ3) is 4.14. The topological polar surface area (TPSA) is 73.1 Å². The van der Waals surface area contributed by atoms with Crippen molar-refractivity contribution in [3.05, 3.63) is 47.1 Å². The minimum Gasteiger partial charge on any atom is -0.339 e. The number of sulfone groups is 1. The maximum absolute atomic E-state index is 12.3. The van der Waals surface area contributed by atoms with Crippen LogP contribution < -0.4 is 0 Å². The molecule has 0 aliphatic heterocycles. The van der Waals surface area contributed by atoms with Crippen LogP contribution in [-0.2, 0) is 26.8 Å². The van der Waals surface area contributed by atoms with Crippen molar-refractivity contribution in [3.8, 4) is 0 Å². The van der Waals surface area contributed by atoms with Gasteiger partial charge < -0.3 is 4.52 Å². The summed E-state index contributed by atoms with van der Waals surface area (Å²) in [5.41, 5.74) is 1.48. The number of nitrogens with zero attached hydrogens (tertiary/aromatic N) is 2. The van der Waals surface area contributed by atoms with Crippen molar-refractivity contribution in [1.82, 2.24) is 10.1 Å². The summed E-state index contributed by atoms with van der Waals surface area (Å²) in [4.78, 5) is 4.17. The van der Waals surface area contributed by atoms with E-state index in [0.717, 1.165) is 11.1 Å². The van der Waals surface area contributed by atoms with Gasteiger partial charge in [-0.25, -0.2) is 8.42 Å². The molecule has 0 bridgehead atoms. The van der Waals surface area contributed by atoms with Gasteiger partial charge in [0.05, 0.1) is 5.75 Å². The molecule has 0 amide bonds. The van der Waals surface area contributed by atoms with Crippen molar-refractivity contribution in [3.63, 3.8) is 0 Å². The standard InChI is InChI=1S/C15H20N2O3S/c1-11-7-5-6-8-12(11)9-21(18,19)10-13-16-14(20-17-13)15(2,3)4/h5-8H,9-10H2,1-4H3. The lowest BCUT2D eigenvalue weighted by molar-refractivity contribution is 0.319. The fourth-order valence-electron chi connectivity index (χ4n) is 1.87. The first-order chi connectivity index (χ1) is 9.67. The highest BCUT2D eigenvalue weighted by molar-refractivity contribution is 7.89. The number of aryl methyl sites for hydroxylation is 1. The van der Waals surface area contributed by atoms with Crippen LogP contribution in [0.25, 0.3) is 0 Å². The van der Waals surface area contributed by atoms with Crippen LogP contribution in [0.5, 0.6) is 0 Å². The van der Waals surface area contributed by atoms with Gasteiger partial charge in [-0.05, 0) is 18.1 Å². The molecule has 0 atom stereocenters. The van der Waals surface area contributed by atoms with E-state index in [-0.39, 0.29) is 22.7 Å². The molecule has 0 N–H and O–H groups in total. The van der Waals surface area contributed by atoms with Gasteiger partial charge in [-0.2, -0.15) is 4.98 Å². The summed E-state index contributed by atoms with van der Waals surface area (Å²) >= 11 is 0. The Morgan fingerprint density at radius 3 is 2.38 bits per heavy atom. The second-order valence-corrected chi connectivity index (χ2v) is 8.29. The zero-order valence-electron chi connectivity index (χ0n) is 12.8. The van der Waals surface area contributed by atoms with Crippen LogP contribution in [0.1, 0.15) is 43.6 Å². The molecular weight excluding hydrogens is 288 g/mol. The highest BCUT2D eigenvalue weighted by atomic mass is 32.2. The maximum atomic E-state index is 12.3. The Labute approximate surface area is 125 Å². The Hall–Kier alpha value is -1.69. The molecule has 0 saturated carbocycles. The Morgan fingerprint density at radius 1 is 1.14 bits per heavy atom. The molecule has 114 valence electrons. The minimum absolute atomic E-state index is 0.0148. The molecule has 0 spiro atoms. The number of rotatable bonds is 4. The summed E-state index contributed by atoms with van der Waals surface area (Å²) in [6.45, 7) is 7.71. The number of hydrogen-bond donors (Lipinski definition) is 0. The normalized spacial score (nSPS) is 12.6. The summed E-state index contributed by atoms with van der Waals surface area (Å²) in [5, 5.41) is 3.77. The van der Waals surface area contributed by atoms with Gasteiger partial charge in [0, 0.05) is 5.41 Å². The summed E-state index contributed by atoms with van der Waals surface area (Å²) in [5.74, 6) is 0.442. The van der Waals surface area contributed by atoms with Gasteiger partial charge in [0.1, 0.15) is 5.75 Å². The van der Waals surface area contributed by atoms with Crippen molar-refractivity contribution in [2.45, 2.75) is 44.6 Å². The lowest BCUT2D eigenvalue weighted by Gasteiger charge is -2.10. The first kappa shape index (κ1) is 15.7. The number of hydrogen-bond acceptors (Lipinski definition) is 5. The van der Waals surface area contributed by atoms with Crippen LogP contribution in [0, 0.1) is 6.92 Å². The van der Waals surface area contributed by atoms with E-state index >= 15 is 0 Å². The van der Waals surface area contributed by atoms with Crippen molar-refractivity contribution < 1.29 is 12.9 Å². The van der Waals surface area contributed by atoms with E-state index < -0.39 is 9.84 Å². The number of aromatic nitrogens is 2. The van der Waals surface area contributed by atoms with Crippen LogP contribution in [0.4, 0.5) is 0 Å². The molecule has 0 radical (unpaired) electrons. The molecule has 0 fully saturated rings. The highest BCUT2D eigenvalue weighted by Crippen LogP contribution is 2.21. The van der Waals surface area contributed by atoms with Gasteiger partial charge in [0.15, 0.2) is 15.7 Å². The quantitative estimate of drug-likeness (QED) is 0.868. The molecule has 1 aromatic heterocycles. The fraction of sp³-hybridized carbons (Fsp3) is 0.467. The van der Waals surface area contributed by atoms with E-state index in [2.05, 4.69) is 10.1 Å². The van der Waals surface area contributed by atoms with E-state index in [1.807, 2.05) is 52.0 Å². The van der Waals surface area contributed by atoms with Gasteiger partial charge in [0.25, 0.3) is 0 Å². The summed E-state index contributed by atoms with van der Waals surface area (Å²) in [6.07, 6.45) is 0. The second-order valence-electron chi connectivity index (χ2n) is 6.22. The summed E-state index contributed by atoms with van der Waals surface area (Å²) in [7, 11) is -3.33. The van der Waals surface area contributed by atoms with Crippen molar-refractivity contribution in [1.29, 1.82) is 0 Å². The smallest absolute Gasteiger partial charge is 0.232 e. The summed E-state index contributed by atoms with van der Waals surface area (Å²) in [6, 6.07) is 7.45. The molecule has 0 aliphatic carbocycles. The molecule has 0 aliphatic rings. The lowest BCUT2D eigenvalue weighted by atomic mass is 9.97. The summed E-state index contributed by atoms with van der Waals surface area (Å²) < 4.78 is 29.6. The van der Waals surface area contributed by atoms with Crippen LogP contribution in [-0.4, -0.2) is 18.6 Å². The van der Waals surface area contributed by atoms with Gasteiger partial charge in [-0.1, -0.05) is 50.2 Å². The van der Waals surface area contributed by atoms with E-state index in [1.165, 1.54) is 0 Å².